The summed E-state index contributed by atoms with van der Waals surface area (Å²) < 4.78 is 6.64. The van der Waals surface area contributed by atoms with E-state index in [2.05, 4.69) is 27.8 Å². The van der Waals surface area contributed by atoms with E-state index < -0.39 is 0 Å². The summed E-state index contributed by atoms with van der Waals surface area (Å²) in [5, 5.41) is 0. The summed E-state index contributed by atoms with van der Waals surface area (Å²) in [5.74, 6) is 1.06. The van der Waals surface area contributed by atoms with Gasteiger partial charge in [0.25, 0.3) is 0 Å². The topological polar surface area (TPSA) is 22.1 Å². The third-order valence-electron chi connectivity index (χ3n) is 2.04. The molecule has 0 saturated carbocycles. The molecular formula is C11H15BrClNO. The van der Waals surface area contributed by atoms with Crippen molar-refractivity contribution >= 4 is 27.5 Å². The van der Waals surface area contributed by atoms with Crippen LogP contribution in [0.15, 0.2) is 16.7 Å². The van der Waals surface area contributed by atoms with Gasteiger partial charge in [-0.25, -0.2) is 4.98 Å². The van der Waals surface area contributed by atoms with Crippen molar-refractivity contribution in [3.63, 3.8) is 0 Å². The van der Waals surface area contributed by atoms with Crippen LogP contribution in [-0.2, 0) is 5.88 Å². The first-order valence-corrected chi connectivity index (χ1v) is 6.37. The highest BCUT2D eigenvalue weighted by molar-refractivity contribution is 9.10. The molecule has 1 aromatic heterocycles. The minimum Gasteiger partial charge on any atom is -0.474 e. The van der Waals surface area contributed by atoms with Crippen LogP contribution in [0.2, 0.25) is 0 Å². The standard InChI is InChI=1S/C11H15BrClNO/c1-3-4-8(2)15-11-9(6-13)5-10(12)7-14-11/h5,7-8H,3-4,6H2,1-2H3. The molecule has 0 N–H and O–H groups in total. The maximum Gasteiger partial charge on any atom is 0.218 e. The quantitative estimate of drug-likeness (QED) is 0.761. The Morgan fingerprint density at radius 3 is 2.93 bits per heavy atom. The van der Waals surface area contributed by atoms with Gasteiger partial charge in [-0.1, -0.05) is 13.3 Å². The van der Waals surface area contributed by atoms with E-state index in [1.165, 1.54) is 0 Å². The van der Waals surface area contributed by atoms with Gasteiger partial charge in [0.05, 0.1) is 12.0 Å². The van der Waals surface area contributed by atoms with Crippen LogP contribution in [0, 0.1) is 0 Å². The van der Waals surface area contributed by atoms with Crippen molar-refractivity contribution in [2.24, 2.45) is 0 Å². The van der Waals surface area contributed by atoms with Crippen LogP contribution in [0.4, 0.5) is 0 Å². The Morgan fingerprint density at radius 1 is 1.60 bits per heavy atom. The van der Waals surface area contributed by atoms with Crippen molar-refractivity contribution in [2.75, 3.05) is 0 Å². The fourth-order valence-corrected chi connectivity index (χ4v) is 1.90. The van der Waals surface area contributed by atoms with E-state index in [9.17, 15) is 0 Å². The fraction of sp³-hybridized carbons (Fsp3) is 0.545. The van der Waals surface area contributed by atoms with E-state index in [-0.39, 0.29) is 6.10 Å². The highest BCUT2D eigenvalue weighted by atomic mass is 79.9. The van der Waals surface area contributed by atoms with Crippen LogP contribution in [0.25, 0.3) is 0 Å². The fourth-order valence-electron chi connectivity index (χ4n) is 1.33. The molecule has 2 nitrogen and oxygen atoms in total. The molecule has 0 spiro atoms. The van der Waals surface area contributed by atoms with Crippen LogP contribution >= 0.6 is 27.5 Å². The smallest absolute Gasteiger partial charge is 0.218 e. The molecule has 0 fully saturated rings. The Hall–Kier alpha value is -0.280. The Bertz CT molecular complexity index is 319. The molecule has 1 heterocycles. The zero-order valence-electron chi connectivity index (χ0n) is 8.96. The minimum atomic E-state index is 0.186. The lowest BCUT2D eigenvalue weighted by molar-refractivity contribution is 0.200. The molecule has 0 bridgehead atoms. The number of alkyl halides is 1. The van der Waals surface area contributed by atoms with Crippen LogP contribution in [0.3, 0.4) is 0 Å². The molecule has 1 rings (SSSR count). The van der Waals surface area contributed by atoms with Gasteiger partial charge < -0.3 is 4.74 Å². The van der Waals surface area contributed by atoms with Crippen LogP contribution < -0.4 is 4.74 Å². The molecule has 1 aromatic rings. The third-order valence-corrected chi connectivity index (χ3v) is 2.77. The molecule has 0 aliphatic rings. The van der Waals surface area contributed by atoms with Gasteiger partial charge in [0.15, 0.2) is 0 Å². The van der Waals surface area contributed by atoms with Crippen molar-refractivity contribution in [1.29, 1.82) is 0 Å². The summed E-state index contributed by atoms with van der Waals surface area (Å²) in [6.45, 7) is 4.18. The number of pyridine rings is 1. The third kappa shape index (κ3) is 3.99. The summed E-state index contributed by atoms with van der Waals surface area (Å²) in [7, 11) is 0. The average molecular weight is 293 g/mol. The predicted molar refractivity (Wildman–Crippen MR) is 66.5 cm³/mol. The van der Waals surface area contributed by atoms with Crippen molar-refractivity contribution < 1.29 is 4.74 Å². The molecule has 15 heavy (non-hydrogen) atoms. The van der Waals surface area contributed by atoms with Gasteiger partial charge >= 0.3 is 0 Å². The van der Waals surface area contributed by atoms with E-state index >= 15 is 0 Å². The second-order valence-corrected chi connectivity index (χ2v) is 4.65. The second-order valence-electron chi connectivity index (χ2n) is 3.47. The lowest BCUT2D eigenvalue weighted by Crippen LogP contribution is -2.13. The Balaban J connectivity index is 2.75. The summed E-state index contributed by atoms with van der Waals surface area (Å²) in [6, 6.07) is 1.94. The van der Waals surface area contributed by atoms with Crippen LogP contribution in [0.1, 0.15) is 32.3 Å². The van der Waals surface area contributed by atoms with Crippen molar-refractivity contribution in [3.05, 3.63) is 22.3 Å². The Labute approximate surface area is 104 Å². The van der Waals surface area contributed by atoms with Crippen molar-refractivity contribution in [1.82, 2.24) is 4.98 Å². The van der Waals surface area contributed by atoms with Gasteiger partial charge in [-0.15, -0.1) is 11.6 Å². The molecule has 0 aliphatic carbocycles. The molecule has 0 saturated heterocycles. The van der Waals surface area contributed by atoms with Crippen LogP contribution in [-0.4, -0.2) is 11.1 Å². The van der Waals surface area contributed by atoms with E-state index in [0.717, 1.165) is 22.9 Å². The molecule has 0 amide bonds. The molecule has 1 unspecified atom stereocenters. The number of ether oxygens (including phenoxy) is 1. The van der Waals surface area contributed by atoms with Gasteiger partial charge in [-0.3, -0.25) is 0 Å². The molecule has 0 aromatic carbocycles. The highest BCUT2D eigenvalue weighted by Gasteiger charge is 2.09. The lowest BCUT2D eigenvalue weighted by Gasteiger charge is -2.15. The molecular weight excluding hydrogens is 277 g/mol. The number of aromatic nitrogens is 1. The Kier molecular flexibility index (Phi) is 5.40. The average Bonchev–Trinajstić information content (AvgIpc) is 2.21. The van der Waals surface area contributed by atoms with Gasteiger partial charge in [0, 0.05) is 16.2 Å². The normalized spacial score (nSPS) is 12.5. The monoisotopic (exact) mass is 291 g/mol. The molecule has 1 atom stereocenters. The number of rotatable bonds is 5. The summed E-state index contributed by atoms with van der Waals surface area (Å²) in [4.78, 5) is 4.22. The zero-order valence-corrected chi connectivity index (χ0v) is 11.3. The van der Waals surface area contributed by atoms with Crippen LogP contribution in [0.5, 0.6) is 5.88 Å². The number of hydrogen-bond acceptors (Lipinski definition) is 2. The summed E-state index contributed by atoms with van der Waals surface area (Å²) in [6.07, 6.45) is 4.04. The van der Waals surface area contributed by atoms with Crippen molar-refractivity contribution in [3.8, 4) is 5.88 Å². The van der Waals surface area contributed by atoms with E-state index in [1.54, 1.807) is 6.20 Å². The highest BCUT2D eigenvalue weighted by Crippen LogP contribution is 2.23. The van der Waals surface area contributed by atoms with E-state index in [4.69, 9.17) is 16.3 Å². The number of nitrogens with zero attached hydrogens (tertiary/aromatic N) is 1. The van der Waals surface area contributed by atoms with Gasteiger partial charge in [-0.05, 0) is 35.3 Å². The van der Waals surface area contributed by atoms with E-state index in [1.807, 2.05) is 13.0 Å². The van der Waals surface area contributed by atoms with Gasteiger partial charge in [0.1, 0.15) is 0 Å². The van der Waals surface area contributed by atoms with Gasteiger partial charge in [0.2, 0.25) is 5.88 Å². The number of halogens is 2. The molecule has 0 radical (unpaired) electrons. The predicted octanol–water partition coefficient (Wildman–Crippen LogP) is 4.15. The number of hydrogen-bond donors (Lipinski definition) is 0. The minimum absolute atomic E-state index is 0.186. The van der Waals surface area contributed by atoms with E-state index in [0.29, 0.717) is 11.8 Å². The van der Waals surface area contributed by atoms with Gasteiger partial charge in [-0.2, -0.15) is 0 Å². The first-order chi connectivity index (χ1) is 7.17. The maximum absolute atomic E-state index is 5.82. The zero-order chi connectivity index (χ0) is 11.3. The summed E-state index contributed by atoms with van der Waals surface area (Å²) in [5.41, 5.74) is 0.925. The Morgan fingerprint density at radius 2 is 2.33 bits per heavy atom. The maximum atomic E-state index is 5.82. The SMILES string of the molecule is CCCC(C)Oc1ncc(Br)cc1CCl. The first-order valence-electron chi connectivity index (χ1n) is 5.04. The lowest BCUT2D eigenvalue weighted by atomic mass is 10.2. The second kappa shape index (κ2) is 6.33. The summed E-state index contributed by atoms with van der Waals surface area (Å²) >= 11 is 9.18. The first kappa shape index (κ1) is 12.8. The largest absolute Gasteiger partial charge is 0.474 e. The van der Waals surface area contributed by atoms with Crippen molar-refractivity contribution in [2.45, 2.75) is 38.7 Å². The molecule has 84 valence electrons. The molecule has 4 heteroatoms. The molecule has 0 aliphatic heterocycles.